The summed E-state index contributed by atoms with van der Waals surface area (Å²) >= 11 is 1.55. The minimum atomic E-state index is -0.358. The number of hydrogen-bond acceptors (Lipinski definition) is 6. The van der Waals surface area contributed by atoms with Gasteiger partial charge in [-0.15, -0.1) is 11.8 Å². The number of phenolic OH excluding ortho intramolecular Hbond substituents is 1. The second kappa shape index (κ2) is 10.5. The number of thioether (sulfide) groups is 1. The third-order valence-corrected chi connectivity index (χ3v) is 6.19. The number of aromatic hydroxyl groups is 1. The van der Waals surface area contributed by atoms with Crippen LogP contribution in [0.3, 0.4) is 0 Å². The summed E-state index contributed by atoms with van der Waals surface area (Å²) in [6.07, 6.45) is 3.23. The van der Waals surface area contributed by atoms with Crippen molar-refractivity contribution in [2.24, 2.45) is 11.7 Å². The molecular formula is C24H28N2O5S. The number of methoxy groups -OCH3 is 1. The second-order valence-corrected chi connectivity index (χ2v) is 8.42. The van der Waals surface area contributed by atoms with Crippen LogP contribution in [0.2, 0.25) is 0 Å². The first-order valence-corrected chi connectivity index (χ1v) is 11.6. The number of rotatable bonds is 10. The highest BCUT2D eigenvalue weighted by Gasteiger charge is 2.18. The van der Waals surface area contributed by atoms with Gasteiger partial charge in [-0.05, 0) is 48.1 Å². The van der Waals surface area contributed by atoms with Crippen molar-refractivity contribution in [3.05, 3.63) is 42.0 Å². The normalized spacial score (nSPS) is 12.0. The van der Waals surface area contributed by atoms with Gasteiger partial charge in [0.05, 0.1) is 18.4 Å². The van der Waals surface area contributed by atoms with Gasteiger partial charge < -0.3 is 25.3 Å². The Kier molecular flexibility index (Phi) is 7.69. The Labute approximate surface area is 191 Å². The fraction of sp³-hybridized carbons (Fsp3) is 0.333. The molecule has 0 saturated heterocycles. The van der Waals surface area contributed by atoms with E-state index >= 15 is 0 Å². The molecule has 1 heterocycles. The number of primary amides is 1. The lowest BCUT2D eigenvalue weighted by atomic mass is 10.0. The van der Waals surface area contributed by atoms with Crippen LogP contribution in [0.15, 0.2) is 45.7 Å². The van der Waals surface area contributed by atoms with Crippen molar-refractivity contribution in [1.82, 2.24) is 5.32 Å². The average molecular weight is 457 g/mol. The topological polar surface area (TPSA) is 115 Å². The molecule has 170 valence electrons. The molecule has 8 heteroatoms. The highest BCUT2D eigenvalue weighted by atomic mass is 32.2. The van der Waals surface area contributed by atoms with Gasteiger partial charge in [-0.3, -0.25) is 9.59 Å². The number of amides is 2. The van der Waals surface area contributed by atoms with E-state index in [1.165, 1.54) is 7.11 Å². The molecule has 0 aliphatic heterocycles. The molecule has 0 bridgehead atoms. The average Bonchev–Trinajstić information content (AvgIpc) is 3.14. The fourth-order valence-corrected chi connectivity index (χ4v) is 4.32. The van der Waals surface area contributed by atoms with Gasteiger partial charge in [0.25, 0.3) is 0 Å². The van der Waals surface area contributed by atoms with E-state index in [-0.39, 0.29) is 36.3 Å². The zero-order chi connectivity index (χ0) is 23.3. The molecule has 0 radical (unpaired) electrons. The first kappa shape index (κ1) is 23.5. The van der Waals surface area contributed by atoms with Crippen molar-refractivity contribution in [2.75, 3.05) is 19.9 Å². The highest BCUT2D eigenvalue weighted by molar-refractivity contribution is 7.99. The van der Waals surface area contributed by atoms with Crippen LogP contribution in [0.5, 0.6) is 11.5 Å². The van der Waals surface area contributed by atoms with E-state index in [0.717, 1.165) is 27.8 Å². The van der Waals surface area contributed by atoms with Gasteiger partial charge in [0.1, 0.15) is 11.3 Å². The summed E-state index contributed by atoms with van der Waals surface area (Å²) in [5.41, 5.74) is 7.64. The van der Waals surface area contributed by atoms with E-state index in [9.17, 15) is 14.7 Å². The van der Waals surface area contributed by atoms with Gasteiger partial charge in [-0.25, -0.2) is 0 Å². The molecule has 1 aromatic heterocycles. The van der Waals surface area contributed by atoms with Crippen LogP contribution in [-0.2, 0) is 16.0 Å². The van der Waals surface area contributed by atoms with E-state index in [1.807, 2.05) is 31.4 Å². The van der Waals surface area contributed by atoms with Gasteiger partial charge in [-0.1, -0.05) is 19.4 Å². The number of furan rings is 1. The molecule has 0 aliphatic rings. The Bertz CT molecular complexity index is 1130. The minimum absolute atomic E-state index is 0.0424. The number of carbonyl (C=O) groups excluding carboxylic acids is 2. The maximum Gasteiger partial charge on any atom is 0.224 e. The Balaban J connectivity index is 1.81. The number of nitrogens with two attached hydrogens (primary N) is 1. The summed E-state index contributed by atoms with van der Waals surface area (Å²) in [6.45, 7) is 2.40. The maximum absolute atomic E-state index is 12.4. The van der Waals surface area contributed by atoms with E-state index < -0.39 is 0 Å². The fourth-order valence-electron chi connectivity index (χ4n) is 3.60. The summed E-state index contributed by atoms with van der Waals surface area (Å²) in [5, 5.41) is 13.7. The summed E-state index contributed by atoms with van der Waals surface area (Å²) in [5.74, 6) is 0.695. The molecule has 2 aromatic carbocycles. The molecule has 2 amide bonds. The number of benzene rings is 2. The van der Waals surface area contributed by atoms with Crippen LogP contribution in [0.1, 0.15) is 25.3 Å². The maximum atomic E-state index is 12.4. The summed E-state index contributed by atoms with van der Waals surface area (Å²) < 4.78 is 11.3. The molecule has 0 aliphatic carbocycles. The second-order valence-electron chi connectivity index (χ2n) is 7.61. The lowest BCUT2D eigenvalue weighted by molar-refractivity contribution is -0.122. The smallest absolute Gasteiger partial charge is 0.224 e. The third kappa shape index (κ3) is 5.37. The zero-order valence-electron chi connectivity index (χ0n) is 18.4. The summed E-state index contributed by atoms with van der Waals surface area (Å²) in [7, 11) is 1.50. The molecule has 3 aromatic rings. The number of carbonyl (C=O) groups is 2. The molecule has 3 rings (SSSR count). The van der Waals surface area contributed by atoms with Gasteiger partial charge >= 0.3 is 0 Å². The van der Waals surface area contributed by atoms with Crippen molar-refractivity contribution < 1.29 is 23.8 Å². The van der Waals surface area contributed by atoms with Crippen molar-refractivity contribution in [3.8, 4) is 22.8 Å². The number of phenols is 1. The Morgan fingerprint density at radius 2 is 2.03 bits per heavy atom. The first-order valence-electron chi connectivity index (χ1n) is 10.4. The predicted molar refractivity (Wildman–Crippen MR) is 126 cm³/mol. The van der Waals surface area contributed by atoms with Crippen LogP contribution < -0.4 is 15.8 Å². The van der Waals surface area contributed by atoms with Crippen LogP contribution in [0, 0.1) is 5.92 Å². The molecule has 0 fully saturated rings. The van der Waals surface area contributed by atoms with Crippen LogP contribution in [0.4, 0.5) is 0 Å². The Morgan fingerprint density at radius 3 is 2.69 bits per heavy atom. The molecule has 1 atom stereocenters. The minimum Gasteiger partial charge on any atom is -0.504 e. The standard InChI is InChI=1S/C24H28N2O5S/c1-4-14(10-21(25)28)13-26-22(29)11-15-5-8-19-17(9-15)24(32-3)23(31-19)16-6-7-18(27)20(12-16)30-2/h5-9,12,14,27H,4,10-11,13H2,1-3H3,(H2,25,28)(H,26,29)/t14-/m1/s1. The molecule has 0 spiro atoms. The van der Waals surface area contributed by atoms with E-state index in [0.29, 0.717) is 23.6 Å². The Morgan fingerprint density at radius 1 is 1.25 bits per heavy atom. The number of nitrogens with one attached hydrogen (secondary N) is 1. The van der Waals surface area contributed by atoms with Gasteiger partial charge in [0.15, 0.2) is 11.5 Å². The van der Waals surface area contributed by atoms with Gasteiger partial charge in [-0.2, -0.15) is 0 Å². The molecule has 0 saturated carbocycles. The van der Waals surface area contributed by atoms with E-state index in [4.69, 9.17) is 14.9 Å². The molecule has 7 nitrogen and oxygen atoms in total. The van der Waals surface area contributed by atoms with Crippen molar-refractivity contribution in [2.45, 2.75) is 31.1 Å². The van der Waals surface area contributed by atoms with Crippen LogP contribution >= 0.6 is 11.8 Å². The van der Waals surface area contributed by atoms with Gasteiger partial charge in [0, 0.05) is 23.9 Å². The lowest BCUT2D eigenvalue weighted by Crippen LogP contribution is -2.32. The number of hydrogen-bond donors (Lipinski definition) is 3. The SMILES string of the molecule is CC[C@@H](CNC(=O)Cc1ccc2oc(-c3ccc(O)c(OC)c3)c(SC)c2c1)CC(N)=O. The quantitative estimate of drug-likeness (QED) is 0.396. The third-order valence-electron chi connectivity index (χ3n) is 5.37. The number of fused-ring (bicyclic) bond motifs is 1. The zero-order valence-corrected chi connectivity index (χ0v) is 19.3. The van der Waals surface area contributed by atoms with Gasteiger partial charge in [0.2, 0.25) is 11.8 Å². The van der Waals surface area contributed by atoms with E-state index in [2.05, 4.69) is 5.32 Å². The highest BCUT2D eigenvalue weighted by Crippen LogP contribution is 2.41. The Hall–Kier alpha value is -3.13. The predicted octanol–water partition coefficient (Wildman–Crippen LogP) is 4.10. The van der Waals surface area contributed by atoms with Crippen molar-refractivity contribution in [1.29, 1.82) is 0 Å². The molecule has 0 unspecified atom stereocenters. The molecule has 4 N–H and O–H groups in total. The van der Waals surface area contributed by atoms with E-state index in [1.54, 1.807) is 30.0 Å². The largest absolute Gasteiger partial charge is 0.504 e. The lowest BCUT2D eigenvalue weighted by Gasteiger charge is -2.13. The summed E-state index contributed by atoms with van der Waals surface area (Å²) in [4.78, 5) is 24.5. The first-order chi connectivity index (χ1) is 15.4. The monoisotopic (exact) mass is 456 g/mol. The summed E-state index contributed by atoms with van der Waals surface area (Å²) in [6, 6.07) is 10.8. The van der Waals surface area contributed by atoms with Crippen molar-refractivity contribution in [3.63, 3.8) is 0 Å². The molecular weight excluding hydrogens is 428 g/mol. The van der Waals surface area contributed by atoms with Crippen LogP contribution in [0.25, 0.3) is 22.3 Å². The van der Waals surface area contributed by atoms with Crippen LogP contribution in [-0.4, -0.2) is 36.8 Å². The number of ether oxygens (including phenoxy) is 1. The molecule has 32 heavy (non-hydrogen) atoms. The van der Waals surface area contributed by atoms with Crippen molar-refractivity contribution >= 4 is 34.5 Å².